The lowest BCUT2D eigenvalue weighted by atomic mass is 10.2. The summed E-state index contributed by atoms with van der Waals surface area (Å²) in [5, 5.41) is 0. The third kappa shape index (κ3) is 1.64. The molecule has 0 spiro atoms. The first-order valence-corrected chi connectivity index (χ1v) is 3.34. The van der Waals surface area contributed by atoms with Gasteiger partial charge in [-0.05, 0) is 30.7 Å². The predicted molar refractivity (Wildman–Crippen MR) is 43.7 cm³/mol. The van der Waals surface area contributed by atoms with Crippen LogP contribution in [0.2, 0.25) is 0 Å². The van der Waals surface area contributed by atoms with Gasteiger partial charge in [0.2, 0.25) is 0 Å². The van der Waals surface area contributed by atoms with E-state index in [9.17, 15) is 0 Å². The van der Waals surface area contributed by atoms with E-state index < -0.39 is 0 Å². The Bertz CT molecular complexity index is 243. The molecule has 2 nitrogen and oxygen atoms in total. The molecule has 1 rings (SSSR count). The van der Waals surface area contributed by atoms with Gasteiger partial charge in [0, 0.05) is 0 Å². The summed E-state index contributed by atoms with van der Waals surface area (Å²) in [5.74, 6) is 1.62. The van der Waals surface area contributed by atoms with E-state index in [4.69, 9.17) is 9.47 Å². The Morgan fingerprint density at radius 2 is 2.09 bits per heavy atom. The fourth-order valence-electron chi connectivity index (χ4n) is 0.911. The van der Waals surface area contributed by atoms with Crippen molar-refractivity contribution in [3.8, 4) is 11.5 Å². The highest BCUT2D eigenvalue weighted by atomic mass is 16.5. The highest BCUT2D eigenvalue weighted by Crippen LogP contribution is 2.22. The smallest absolute Gasteiger partial charge is 0.122 e. The number of rotatable bonds is 2. The van der Waals surface area contributed by atoms with Crippen molar-refractivity contribution in [2.24, 2.45) is 0 Å². The van der Waals surface area contributed by atoms with Crippen LogP contribution in [0.3, 0.4) is 0 Å². The molecule has 0 aromatic heterocycles. The quantitative estimate of drug-likeness (QED) is 0.645. The lowest BCUT2D eigenvalue weighted by Gasteiger charge is -2.05. The SMILES string of the molecule is [CH2]Oc1ccc(OC)cc1C. The maximum atomic E-state index is 5.02. The number of ether oxygens (including phenoxy) is 2. The van der Waals surface area contributed by atoms with Crippen LogP contribution >= 0.6 is 0 Å². The molecule has 0 heterocycles. The van der Waals surface area contributed by atoms with Crippen LogP contribution in [0.15, 0.2) is 18.2 Å². The van der Waals surface area contributed by atoms with Crippen LogP contribution in [0.25, 0.3) is 0 Å². The van der Waals surface area contributed by atoms with Gasteiger partial charge in [-0.1, -0.05) is 0 Å². The zero-order valence-electron chi connectivity index (χ0n) is 6.76. The van der Waals surface area contributed by atoms with Gasteiger partial charge in [-0.25, -0.2) is 0 Å². The zero-order chi connectivity index (χ0) is 8.27. The zero-order valence-corrected chi connectivity index (χ0v) is 6.76. The highest BCUT2D eigenvalue weighted by Gasteiger charge is 1.98. The van der Waals surface area contributed by atoms with E-state index in [2.05, 4.69) is 7.11 Å². The summed E-state index contributed by atoms with van der Waals surface area (Å²) in [5.41, 5.74) is 1.03. The molecule has 0 saturated heterocycles. The molecule has 0 aliphatic rings. The minimum atomic E-state index is 0.783. The summed E-state index contributed by atoms with van der Waals surface area (Å²) in [6.45, 7) is 1.95. The molecule has 0 N–H and O–H groups in total. The van der Waals surface area contributed by atoms with Crippen molar-refractivity contribution in [2.45, 2.75) is 6.92 Å². The summed E-state index contributed by atoms with van der Waals surface area (Å²) in [4.78, 5) is 0. The van der Waals surface area contributed by atoms with Crippen LogP contribution in [-0.4, -0.2) is 7.11 Å². The standard InChI is InChI=1S/C9H11O2/c1-7-6-8(10-2)4-5-9(7)11-3/h4-6H,3H2,1-2H3. The van der Waals surface area contributed by atoms with Crippen LogP contribution in [0.1, 0.15) is 5.56 Å². The summed E-state index contributed by atoms with van der Waals surface area (Å²) >= 11 is 0. The molecule has 1 radical (unpaired) electrons. The maximum absolute atomic E-state index is 5.02. The molecular weight excluding hydrogens is 140 g/mol. The third-order valence-corrected chi connectivity index (χ3v) is 1.54. The Kier molecular flexibility index (Phi) is 2.36. The second kappa shape index (κ2) is 3.28. The lowest BCUT2D eigenvalue weighted by molar-refractivity contribution is 0.411. The topological polar surface area (TPSA) is 18.5 Å². The average molecular weight is 151 g/mol. The second-order valence-electron chi connectivity index (χ2n) is 2.28. The van der Waals surface area contributed by atoms with E-state index in [0.29, 0.717) is 0 Å². The van der Waals surface area contributed by atoms with Gasteiger partial charge < -0.3 is 9.47 Å². The minimum Gasteiger partial charge on any atom is -0.497 e. The van der Waals surface area contributed by atoms with Crippen LogP contribution in [0, 0.1) is 14.0 Å². The molecule has 0 amide bonds. The van der Waals surface area contributed by atoms with E-state index in [1.165, 1.54) is 0 Å². The summed E-state index contributed by atoms with van der Waals surface area (Å²) in [6, 6.07) is 5.58. The summed E-state index contributed by atoms with van der Waals surface area (Å²) in [7, 11) is 4.97. The monoisotopic (exact) mass is 151 g/mol. The maximum Gasteiger partial charge on any atom is 0.122 e. The van der Waals surface area contributed by atoms with Crippen LogP contribution in [-0.2, 0) is 0 Å². The van der Waals surface area contributed by atoms with E-state index in [0.717, 1.165) is 17.1 Å². The fourth-order valence-corrected chi connectivity index (χ4v) is 0.911. The van der Waals surface area contributed by atoms with Crippen molar-refractivity contribution >= 4 is 0 Å². The average Bonchev–Trinajstić information content (AvgIpc) is 2.04. The van der Waals surface area contributed by atoms with Gasteiger partial charge >= 0.3 is 0 Å². The molecule has 1 aromatic rings. The van der Waals surface area contributed by atoms with E-state index in [-0.39, 0.29) is 0 Å². The molecule has 11 heavy (non-hydrogen) atoms. The molecule has 0 aliphatic carbocycles. The van der Waals surface area contributed by atoms with Crippen LogP contribution in [0.4, 0.5) is 0 Å². The number of hydrogen-bond donors (Lipinski definition) is 0. The number of benzene rings is 1. The summed E-state index contributed by atoms with van der Waals surface area (Å²) < 4.78 is 9.86. The Hall–Kier alpha value is -1.18. The van der Waals surface area contributed by atoms with Gasteiger partial charge in [0.05, 0.1) is 7.11 Å². The third-order valence-electron chi connectivity index (χ3n) is 1.54. The van der Waals surface area contributed by atoms with Crippen molar-refractivity contribution in [3.05, 3.63) is 30.9 Å². The predicted octanol–water partition coefficient (Wildman–Crippen LogP) is 2.17. The molecule has 0 aliphatic heterocycles. The van der Waals surface area contributed by atoms with Gasteiger partial charge in [-0.15, -0.1) is 0 Å². The molecular formula is C9H11O2. The van der Waals surface area contributed by atoms with E-state index in [1.54, 1.807) is 7.11 Å². The molecule has 2 heteroatoms. The first-order valence-electron chi connectivity index (χ1n) is 3.34. The molecule has 59 valence electrons. The Balaban J connectivity index is 2.99. The Morgan fingerprint density at radius 3 is 2.55 bits per heavy atom. The van der Waals surface area contributed by atoms with Crippen molar-refractivity contribution in [2.75, 3.05) is 7.11 Å². The first kappa shape index (κ1) is 7.92. The van der Waals surface area contributed by atoms with Gasteiger partial charge in [0.1, 0.15) is 18.6 Å². The fraction of sp³-hybridized carbons (Fsp3) is 0.222. The normalized spacial score (nSPS) is 9.36. The Morgan fingerprint density at radius 1 is 1.36 bits per heavy atom. The van der Waals surface area contributed by atoms with E-state index >= 15 is 0 Å². The number of aryl methyl sites for hydroxylation is 1. The van der Waals surface area contributed by atoms with Crippen molar-refractivity contribution in [3.63, 3.8) is 0 Å². The van der Waals surface area contributed by atoms with Gasteiger partial charge in [0.15, 0.2) is 0 Å². The number of hydrogen-bond acceptors (Lipinski definition) is 2. The molecule has 0 fully saturated rings. The minimum absolute atomic E-state index is 0.783. The second-order valence-corrected chi connectivity index (χ2v) is 2.28. The van der Waals surface area contributed by atoms with Gasteiger partial charge in [-0.3, -0.25) is 0 Å². The Labute approximate surface area is 66.8 Å². The molecule has 1 aromatic carbocycles. The van der Waals surface area contributed by atoms with Gasteiger partial charge in [0.25, 0.3) is 0 Å². The largest absolute Gasteiger partial charge is 0.497 e. The lowest BCUT2D eigenvalue weighted by Crippen LogP contribution is -1.87. The van der Waals surface area contributed by atoms with Crippen LogP contribution < -0.4 is 9.47 Å². The summed E-state index contributed by atoms with van der Waals surface area (Å²) in [6.07, 6.45) is 0. The van der Waals surface area contributed by atoms with Crippen molar-refractivity contribution < 1.29 is 9.47 Å². The van der Waals surface area contributed by atoms with Crippen molar-refractivity contribution in [1.29, 1.82) is 0 Å². The van der Waals surface area contributed by atoms with Crippen LogP contribution in [0.5, 0.6) is 11.5 Å². The van der Waals surface area contributed by atoms with E-state index in [1.807, 2.05) is 25.1 Å². The molecule has 0 saturated carbocycles. The molecule has 0 bridgehead atoms. The first-order chi connectivity index (χ1) is 5.27. The van der Waals surface area contributed by atoms with Crippen molar-refractivity contribution in [1.82, 2.24) is 0 Å². The highest BCUT2D eigenvalue weighted by molar-refractivity contribution is 5.39. The number of methoxy groups -OCH3 is 1. The molecule has 0 unspecified atom stereocenters. The molecule has 0 atom stereocenters. The van der Waals surface area contributed by atoms with Gasteiger partial charge in [-0.2, -0.15) is 0 Å².